The van der Waals surface area contributed by atoms with Gasteiger partial charge in [-0.1, -0.05) is 218 Å². The van der Waals surface area contributed by atoms with E-state index in [0.29, 0.717) is 68.1 Å². The van der Waals surface area contributed by atoms with Gasteiger partial charge >= 0.3 is 40.0 Å². The molecule has 8 aromatic heterocycles. The fraction of sp³-hybridized carbons (Fsp3) is 0.214. The third-order valence-electron chi connectivity index (χ3n) is 20.0. The molecule has 0 aliphatic heterocycles. The van der Waals surface area contributed by atoms with Crippen molar-refractivity contribution in [3.8, 4) is 17.1 Å². The molecule has 0 atom stereocenters. The molecule has 0 bridgehead atoms. The molecule has 0 unspecified atom stereocenters. The highest BCUT2D eigenvalue weighted by atomic mass is 32.2. The Morgan fingerprint density at radius 1 is 0.338 bits per heavy atom. The zero-order valence-electron chi connectivity index (χ0n) is 80.9. The lowest BCUT2D eigenvalue weighted by Crippen LogP contribution is -2.09. The Bertz CT molecular complexity index is 7310. The van der Waals surface area contributed by atoms with Gasteiger partial charge in [-0.2, -0.15) is 8.42 Å². The van der Waals surface area contributed by atoms with E-state index in [0.717, 1.165) is 93.0 Å². The topological polar surface area (TPSA) is 475 Å². The smallest absolute Gasteiger partial charge is 0.360 e. The first-order valence-electron chi connectivity index (χ1n) is 43.7. The highest BCUT2D eigenvalue weighted by Crippen LogP contribution is 2.26. The summed E-state index contributed by atoms with van der Waals surface area (Å²) >= 11 is 0. The van der Waals surface area contributed by atoms with E-state index in [2.05, 4.69) is 106 Å². The number of aliphatic hydroxyl groups is 1. The minimum Gasteiger partial charge on any atom is -0.464 e. The van der Waals surface area contributed by atoms with Crippen LogP contribution in [0.3, 0.4) is 0 Å². The Balaban J connectivity index is 0.000000188. The number of nitrogens with zero attached hydrogens (tertiary/aromatic N) is 24. The number of benzene rings is 9. The van der Waals surface area contributed by atoms with E-state index in [1.54, 1.807) is 31.8 Å². The van der Waals surface area contributed by atoms with Crippen LogP contribution >= 0.6 is 0 Å². The Hall–Kier alpha value is -18.1. The van der Waals surface area contributed by atoms with Crippen molar-refractivity contribution >= 4 is 51.5 Å². The number of esters is 5. The minimum atomic E-state index is -3.59. The van der Waals surface area contributed by atoms with E-state index >= 15 is 0 Å². The van der Waals surface area contributed by atoms with E-state index < -0.39 is 86.5 Å². The lowest BCUT2D eigenvalue weighted by Gasteiger charge is -2.07. The number of rotatable bonds is 28. The Morgan fingerprint density at radius 2 is 0.689 bits per heavy atom. The molecule has 0 fully saturated rings. The summed E-state index contributed by atoms with van der Waals surface area (Å²) in [7, 11) is 3.10. The molecule has 148 heavy (non-hydrogen) atoms. The van der Waals surface area contributed by atoms with Crippen molar-refractivity contribution in [1.82, 2.24) is 120 Å². The molecular weight excluding hydrogens is 1970 g/mol. The Kier molecular flexibility index (Phi) is 43.4. The molecular formula is C98H95F9N24O16S. The molecule has 0 radical (unpaired) electrons. The molecule has 9 aromatic carbocycles. The largest absolute Gasteiger partial charge is 0.464 e. The lowest BCUT2D eigenvalue weighted by atomic mass is 10.1. The number of halogens is 9. The lowest BCUT2D eigenvalue weighted by molar-refractivity contribution is 0.0584. The zero-order chi connectivity index (χ0) is 108. The van der Waals surface area contributed by atoms with Gasteiger partial charge in [-0.3, -0.25) is 14.0 Å². The van der Waals surface area contributed by atoms with Gasteiger partial charge in [-0.25, -0.2) is 96.6 Å². The van der Waals surface area contributed by atoms with Crippen LogP contribution in [0.15, 0.2) is 249 Å². The van der Waals surface area contributed by atoms with Crippen molar-refractivity contribution in [3.05, 3.63) is 397 Å². The maximum absolute atomic E-state index is 13.5. The minimum absolute atomic E-state index is 0.00862. The molecule has 50 heteroatoms. The number of ether oxygens (including phenoxy) is 5. The summed E-state index contributed by atoms with van der Waals surface area (Å²) < 4.78 is 177. The van der Waals surface area contributed by atoms with Crippen LogP contribution in [0.5, 0.6) is 5.88 Å². The third kappa shape index (κ3) is 34.0. The molecule has 1 N–H and O–H groups in total. The predicted molar refractivity (Wildman–Crippen MR) is 509 cm³/mol. The second kappa shape index (κ2) is 56.6. The average molecular weight is 2070 g/mol. The molecule has 0 aliphatic rings. The van der Waals surface area contributed by atoms with Crippen molar-refractivity contribution in [2.24, 2.45) is 0 Å². The summed E-state index contributed by atoms with van der Waals surface area (Å²) in [5.41, 5.74) is 8.71. The fourth-order valence-corrected chi connectivity index (χ4v) is 13.4. The summed E-state index contributed by atoms with van der Waals surface area (Å²) in [6, 6.07) is 62.5. The fourth-order valence-electron chi connectivity index (χ4n) is 13.0. The maximum Gasteiger partial charge on any atom is 0.360 e. The van der Waals surface area contributed by atoms with E-state index in [1.807, 2.05) is 159 Å². The van der Waals surface area contributed by atoms with Crippen LogP contribution in [0.4, 0.5) is 39.5 Å². The monoisotopic (exact) mass is 2070 g/mol. The second-order valence-electron chi connectivity index (χ2n) is 30.5. The number of methoxy groups -OCH3 is 5. The van der Waals surface area contributed by atoms with Gasteiger partial charge < -0.3 is 33.0 Å². The molecule has 772 valence electrons. The van der Waals surface area contributed by atoms with Crippen LogP contribution in [0.1, 0.15) is 156 Å². The summed E-state index contributed by atoms with van der Waals surface area (Å²) in [6.07, 6.45) is 7.05. The van der Waals surface area contributed by atoms with Gasteiger partial charge in [0.05, 0.1) is 150 Å². The Labute approximate surface area is 838 Å². The molecule has 0 aliphatic carbocycles. The summed E-state index contributed by atoms with van der Waals surface area (Å²) in [6.45, 7) is 8.16. The number of Topliss-reactive ketones (excluding diaryl/α,β-unsaturated/α-hetero) is 2. The van der Waals surface area contributed by atoms with Crippen LogP contribution in [-0.4, -0.2) is 224 Å². The maximum atomic E-state index is 13.5. The van der Waals surface area contributed by atoms with E-state index in [4.69, 9.17) is 4.18 Å². The predicted octanol–water partition coefficient (Wildman–Crippen LogP) is 13.0. The highest BCUT2D eigenvalue weighted by molar-refractivity contribution is 7.86. The molecule has 0 saturated heterocycles. The summed E-state index contributed by atoms with van der Waals surface area (Å²) in [5.74, 6) is -8.36. The van der Waals surface area contributed by atoms with Gasteiger partial charge in [0, 0.05) is 42.2 Å². The molecule has 8 heterocycles. The number of hydrogen-bond donors (Lipinski definition) is 1. The van der Waals surface area contributed by atoms with Crippen LogP contribution < -0.4 is 4.18 Å². The van der Waals surface area contributed by atoms with Crippen LogP contribution in [0.2, 0.25) is 0 Å². The number of carbonyl (C=O) groups excluding carboxylic acids is 7. The summed E-state index contributed by atoms with van der Waals surface area (Å²) in [4.78, 5) is 78.9. The third-order valence-corrected chi connectivity index (χ3v) is 20.4. The molecule has 17 aromatic rings. The van der Waals surface area contributed by atoms with Crippen LogP contribution in [-0.2, 0) is 99.2 Å². The quantitative estimate of drug-likeness (QED) is 0.0156. The van der Waals surface area contributed by atoms with Crippen LogP contribution in [0.25, 0.3) is 11.3 Å². The second-order valence-corrected chi connectivity index (χ2v) is 32.0. The zero-order valence-corrected chi connectivity index (χ0v) is 81.7. The first kappa shape index (κ1) is 113. The van der Waals surface area contributed by atoms with Gasteiger partial charge in [-0.05, 0) is 95.8 Å². The molecule has 17 rings (SSSR count). The standard InChI is InChI=1S/C17H15N3O.C12H11F2N3O2.C12H15N3O3S.C12H13N3O2.3C11H9F2N3O2.C11H11N3O2.CH3F/c1-13(21)16-17(15-10-6-3-7-11-15)20(19-18-16)12-14-8-4-2-5-9-14;1-7-11(12(18)19-2)15-16-17(7)6-8-9(13)4-3-5-10(8)14;1-3-11-12(18-19(2,16)17)13-14-15(11)9-10-7-5-4-6-8-10;1-9(17)12-11(8-16)15(14-13-12)7-10-5-3-2-4-6-10;1-18-11(17)10-6-16(15-14-10)5-7-2-8(12)4-9(13)3-7;1-18-11(17)10-6-16(15-14-10)5-7-4-8(12)2-3-9(7)13;1-18-11(17)10-6-16(15-14-10)5-7-8(12)3-2-4-9(7)13;1-16-11(15)10-8-14(13-12-10)7-9-5-3-2-4-6-9;1-2/h2-11H,12H2,1H3;3-5H,6H2,1-2H3;4-8H,3,9H2,1-2H3;2-6,16H,7-8H2,1H3;3*2-4,6H,5H2,1H3;2-6,8H,7H2,1H3;1H3. The van der Waals surface area contributed by atoms with Crippen molar-refractivity contribution in [2.45, 2.75) is 93.1 Å². The van der Waals surface area contributed by atoms with Gasteiger partial charge in [0.2, 0.25) is 0 Å². The van der Waals surface area contributed by atoms with Gasteiger partial charge in [0.25, 0.3) is 5.88 Å². The normalized spacial score (nSPS) is 10.4. The number of aromatic nitrogens is 24. The van der Waals surface area contributed by atoms with E-state index in [1.165, 1.54) is 106 Å². The number of ketones is 2. The van der Waals surface area contributed by atoms with E-state index in [-0.39, 0.29) is 101 Å². The Morgan fingerprint density at radius 3 is 1.09 bits per heavy atom. The van der Waals surface area contributed by atoms with Gasteiger partial charge in [0.15, 0.2) is 51.4 Å². The first-order valence-corrected chi connectivity index (χ1v) is 45.5. The highest BCUT2D eigenvalue weighted by Gasteiger charge is 2.25. The van der Waals surface area contributed by atoms with Gasteiger partial charge in [-0.15, -0.1) is 35.7 Å². The molecule has 0 spiro atoms. The van der Waals surface area contributed by atoms with Crippen LogP contribution in [0, 0.1) is 53.5 Å². The number of aliphatic hydroxyl groups excluding tert-OH is 1. The van der Waals surface area contributed by atoms with Gasteiger partial charge in [0.1, 0.15) is 52.2 Å². The summed E-state index contributed by atoms with van der Waals surface area (Å²) in [5, 5.41) is 69.3. The number of alkyl halides is 1. The number of hydrogen-bond acceptors (Lipinski definition) is 32. The first-order chi connectivity index (χ1) is 71.1. The van der Waals surface area contributed by atoms with Crippen molar-refractivity contribution < 1.29 is 114 Å². The molecule has 40 nitrogen and oxygen atoms in total. The van der Waals surface area contributed by atoms with Crippen molar-refractivity contribution in [1.29, 1.82) is 0 Å². The molecule has 0 amide bonds. The van der Waals surface area contributed by atoms with Crippen molar-refractivity contribution in [2.75, 3.05) is 49.0 Å². The van der Waals surface area contributed by atoms with E-state index in [9.17, 15) is 86.6 Å². The molecule has 0 saturated carbocycles. The average Bonchev–Trinajstić information content (AvgIpc) is 1.66. The SMILES string of the molecule is CC(=O)c1nnn(Cc2ccccc2)c1-c1ccccc1.CC(=O)c1nnn(Cc2ccccc2)c1CO.CCc1c(OS(C)(=O)=O)nnn1Cc1ccccc1.CF.COC(=O)c1cn(Cc2c(F)cccc2F)nn1.COC(=O)c1cn(Cc2cc(F)cc(F)c2)nn1.COC(=O)c1cn(Cc2cc(F)ccc2F)nn1.COC(=O)c1cn(Cc2ccccc2)nn1.COC(=O)c1nnn(Cc2c(F)cccc2F)c1C. The van der Waals surface area contributed by atoms with Crippen molar-refractivity contribution in [3.63, 3.8) is 0 Å². The number of carbonyl (C=O) groups is 7.